The number of Topliss-reactive ketones (excluding diaryl/α,β-unsaturated/α-hetero) is 1. The number of nitrogens with zero attached hydrogens (tertiary/aromatic N) is 2. The van der Waals surface area contributed by atoms with E-state index in [4.69, 9.17) is 4.74 Å². The first-order valence-electron chi connectivity index (χ1n) is 11.6. The summed E-state index contributed by atoms with van der Waals surface area (Å²) in [4.78, 5) is 29.6. The molecule has 1 heterocycles. The van der Waals surface area contributed by atoms with Gasteiger partial charge in [0.1, 0.15) is 11.5 Å². The molecule has 1 amide bonds. The van der Waals surface area contributed by atoms with E-state index in [1.165, 1.54) is 5.56 Å². The van der Waals surface area contributed by atoms with Crippen molar-refractivity contribution in [3.05, 3.63) is 70.8 Å². The molecule has 0 spiro atoms. The Hall–Kier alpha value is -3.12. The Morgan fingerprint density at radius 2 is 1.70 bits per heavy atom. The number of rotatable bonds is 10. The number of ketones is 1. The molecule has 6 heteroatoms. The number of hydrogen-bond acceptors (Lipinski definition) is 5. The predicted molar refractivity (Wildman–Crippen MR) is 130 cm³/mol. The molecular formula is C27H34N2O4. The Morgan fingerprint density at radius 1 is 1.03 bits per heavy atom. The maximum absolute atomic E-state index is 13.1. The SMILES string of the molecule is CCCCOc1ccc(/C(O)=C2\C(=O)C(=O)N(CCN(C)C)C2c2ccc(CC)cc2)cc1. The molecule has 1 unspecified atom stereocenters. The molecular weight excluding hydrogens is 416 g/mol. The highest BCUT2D eigenvalue weighted by molar-refractivity contribution is 6.46. The summed E-state index contributed by atoms with van der Waals surface area (Å²) in [7, 11) is 3.84. The smallest absolute Gasteiger partial charge is 0.295 e. The minimum atomic E-state index is -0.654. The first-order valence-corrected chi connectivity index (χ1v) is 11.6. The highest BCUT2D eigenvalue weighted by Crippen LogP contribution is 2.39. The third-order valence-corrected chi connectivity index (χ3v) is 5.93. The molecule has 3 rings (SSSR count). The van der Waals surface area contributed by atoms with Gasteiger partial charge in [-0.3, -0.25) is 9.59 Å². The standard InChI is InChI=1S/C27H34N2O4/c1-5-7-18-33-22-14-12-21(13-15-22)25(30)23-24(20-10-8-19(6-2)9-11-20)29(17-16-28(3)4)27(32)26(23)31/h8-15,24,30H,5-7,16-18H2,1-4H3/b25-23+. The molecule has 1 fully saturated rings. The molecule has 1 aliphatic heterocycles. The fourth-order valence-corrected chi connectivity index (χ4v) is 3.90. The minimum Gasteiger partial charge on any atom is -0.507 e. The number of benzene rings is 2. The van der Waals surface area contributed by atoms with Gasteiger partial charge in [-0.05, 0) is 62.3 Å². The molecule has 2 aromatic carbocycles. The summed E-state index contributed by atoms with van der Waals surface area (Å²) in [5.74, 6) is -0.690. The first kappa shape index (κ1) is 24.5. The lowest BCUT2D eigenvalue weighted by atomic mass is 9.94. The Balaban J connectivity index is 2.00. The van der Waals surface area contributed by atoms with E-state index >= 15 is 0 Å². The van der Waals surface area contributed by atoms with Crippen LogP contribution in [0.1, 0.15) is 49.4 Å². The average molecular weight is 451 g/mol. The normalized spacial score (nSPS) is 17.7. The fourth-order valence-electron chi connectivity index (χ4n) is 3.90. The molecule has 0 bridgehead atoms. The van der Waals surface area contributed by atoms with Crippen molar-refractivity contribution < 1.29 is 19.4 Å². The van der Waals surface area contributed by atoms with Gasteiger partial charge in [0.2, 0.25) is 0 Å². The van der Waals surface area contributed by atoms with Gasteiger partial charge < -0.3 is 19.6 Å². The Bertz CT molecular complexity index is 994. The van der Waals surface area contributed by atoms with Crippen LogP contribution in [0.2, 0.25) is 0 Å². The molecule has 0 saturated carbocycles. The van der Waals surface area contributed by atoms with Crippen LogP contribution < -0.4 is 4.74 Å². The predicted octanol–water partition coefficient (Wildman–Crippen LogP) is 4.41. The third kappa shape index (κ3) is 5.63. The van der Waals surface area contributed by atoms with Crippen LogP contribution in [0, 0.1) is 0 Å². The van der Waals surface area contributed by atoms with Gasteiger partial charge in [0.15, 0.2) is 0 Å². The number of unbranched alkanes of at least 4 members (excludes halogenated alkanes) is 1. The lowest BCUT2D eigenvalue weighted by Gasteiger charge is -2.26. The maximum Gasteiger partial charge on any atom is 0.295 e. The van der Waals surface area contributed by atoms with Gasteiger partial charge in [-0.2, -0.15) is 0 Å². The Morgan fingerprint density at radius 3 is 2.27 bits per heavy atom. The highest BCUT2D eigenvalue weighted by atomic mass is 16.5. The van der Waals surface area contributed by atoms with Gasteiger partial charge in [0, 0.05) is 18.7 Å². The van der Waals surface area contributed by atoms with E-state index in [0.29, 0.717) is 31.0 Å². The van der Waals surface area contributed by atoms with Gasteiger partial charge in [0.05, 0.1) is 18.2 Å². The number of ether oxygens (including phenoxy) is 1. The zero-order valence-corrected chi connectivity index (χ0v) is 20.0. The number of aliphatic hydroxyl groups is 1. The van der Waals surface area contributed by atoms with E-state index in [2.05, 4.69) is 13.8 Å². The second-order valence-electron chi connectivity index (χ2n) is 8.62. The van der Waals surface area contributed by atoms with E-state index in [1.54, 1.807) is 29.2 Å². The Kier molecular flexibility index (Phi) is 8.28. The van der Waals surface area contributed by atoms with Crippen molar-refractivity contribution in [2.24, 2.45) is 0 Å². The monoisotopic (exact) mass is 450 g/mol. The van der Waals surface area contributed by atoms with Crippen LogP contribution in [0.25, 0.3) is 5.76 Å². The molecule has 0 radical (unpaired) electrons. The van der Waals surface area contributed by atoms with Crippen molar-refractivity contribution >= 4 is 17.4 Å². The lowest BCUT2D eigenvalue weighted by Crippen LogP contribution is -2.35. The number of likely N-dealkylation sites (N-methyl/N-ethyl adjacent to an activating group) is 1. The van der Waals surface area contributed by atoms with Crippen LogP contribution >= 0.6 is 0 Å². The number of aryl methyl sites for hydroxylation is 1. The maximum atomic E-state index is 13.1. The van der Waals surface area contributed by atoms with Crippen molar-refractivity contribution in [3.8, 4) is 5.75 Å². The summed E-state index contributed by atoms with van der Waals surface area (Å²) in [6.45, 7) is 5.81. The molecule has 6 nitrogen and oxygen atoms in total. The van der Waals surface area contributed by atoms with Crippen LogP contribution in [0.15, 0.2) is 54.1 Å². The number of amides is 1. The number of hydrogen-bond donors (Lipinski definition) is 1. The van der Waals surface area contributed by atoms with Crippen molar-refractivity contribution in [2.45, 2.75) is 39.2 Å². The zero-order valence-electron chi connectivity index (χ0n) is 20.0. The van der Waals surface area contributed by atoms with Crippen molar-refractivity contribution in [3.63, 3.8) is 0 Å². The van der Waals surface area contributed by atoms with Gasteiger partial charge in [0.25, 0.3) is 11.7 Å². The van der Waals surface area contributed by atoms with Crippen LogP contribution in [0.3, 0.4) is 0 Å². The summed E-state index contributed by atoms with van der Waals surface area (Å²) in [5.41, 5.74) is 2.59. The van der Waals surface area contributed by atoms with Crippen molar-refractivity contribution in [2.75, 3.05) is 33.8 Å². The average Bonchev–Trinajstić information content (AvgIpc) is 3.07. The van der Waals surface area contributed by atoms with Crippen molar-refractivity contribution in [1.29, 1.82) is 0 Å². The topological polar surface area (TPSA) is 70.1 Å². The number of likely N-dealkylation sites (tertiary alicyclic amines) is 1. The molecule has 1 aliphatic rings. The highest BCUT2D eigenvalue weighted by Gasteiger charge is 2.45. The molecule has 176 valence electrons. The molecule has 1 atom stereocenters. The molecule has 1 N–H and O–H groups in total. The molecule has 2 aromatic rings. The number of carbonyl (C=O) groups is 2. The quantitative estimate of drug-likeness (QED) is 0.251. The van der Waals surface area contributed by atoms with E-state index in [9.17, 15) is 14.7 Å². The second-order valence-corrected chi connectivity index (χ2v) is 8.62. The summed E-state index contributed by atoms with van der Waals surface area (Å²) in [5, 5.41) is 11.2. The summed E-state index contributed by atoms with van der Waals surface area (Å²) in [6.07, 6.45) is 2.91. The summed E-state index contributed by atoms with van der Waals surface area (Å²) in [6, 6.07) is 14.3. The van der Waals surface area contributed by atoms with Gasteiger partial charge >= 0.3 is 0 Å². The summed E-state index contributed by atoms with van der Waals surface area (Å²) < 4.78 is 5.70. The number of aliphatic hydroxyl groups excluding tert-OH is 1. The van der Waals surface area contributed by atoms with Crippen molar-refractivity contribution in [1.82, 2.24) is 9.80 Å². The molecule has 1 saturated heterocycles. The Labute approximate surface area is 196 Å². The lowest BCUT2D eigenvalue weighted by molar-refractivity contribution is -0.140. The minimum absolute atomic E-state index is 0.127. The molecule has 0 aromatic heterocycles. The van der Waals surface area contributed by atoms with Crippen LogP contribution in [0.4, 0.5) is 0 Å². The van der Waals surface area contributed by atoms with Gasteiger partial charge in [-0.25, -0.2) is 0 Å². The first-order chi connectivity index (χ1) is 15.9. The zero-order chi connectivity index (χ0) is 24.0. The van der Waals surface area contributed by atoms with E-state index in [0.717, 1.165) is 24.8 Å². The van der Waals surface area contributed by atoms with Crippen LogP contribution in [-0.2, 0) is 16.0 Å². The largest absolute Gasteiger partial charge is 0.507 e. The molecule has 33 heavy (non-hydrogen) atoms. The van der Waals surface area contributed by atoms with E-state index in [1.807, 2.05) is 43.3 Å². The summed E-state index contributed by atoms with van der Waals surface area (Å²) >= 11 is 0. The van der Waals surface area contributed by atoms with E-state index in [-0.39, 0.29) is 11.3 Å². The van der Waals surface area contributed by atoms with Crippen LogP contribution in [0.5, 0.6) is 5.75 Å². The second kappa shape index (κ2) is 11.1. The van der Waals surface area contributed by atoms with E-state index < -0.39 is 17.7 Å². The third-order valence-electron chi connectivity index (χ3n) is 5.93. The van der Waals surface area contributed by atoms with Gasteiger partial charge in [-0.1, -0.05) is 44.5 Å². The fraction of sp³-hybridized carbons (Fsp3) is 0.407. The molecule has 0 aliphatic carbocycles. The number of carbonyl (C=O) groups excluding carboxylic acids is 2. The van der Waals surface area contributed by atoms with Crippen LogP contribution in [-0.4, -0.2) is 60.4 Å². The van der Waals surface area contributed by atoms with Gasteiger partial charge in [-0.15, -0.1) is 0 Å².